The average Bonchev–Trinajstić information content (AvgIpc) is 2.61. The molecule has 0 radical (unpaired) electrons. The van der Waals surface area contributed by atoms with Gasteiger partial charge < -0.3 is 14.7 Å². The summed E-state index contributed by atoms with van der Waals surface area (Å²) in [6.45, 7) is 4.34. The first-order chi connectivity index (χ1) is 12.0. The van der Waals surface area contributed by atoms with E-state index in [2.05, 4.69) is 0 Å². The number of piperidine rings is 1. The zero-order valence-corrected chi connectivity index (χ0v) is 15.2. The van der Waals surface area contributed by atoms with Crippen LogP contribution >= 0.6 is 11.6 Å². The second-order valence-corrected chi connectivity index (χ2v) is 6.50. The quantitative estimate of drug-likeness (QED) is 0.763. The molecule has 1 aliphatic heterocycles. The molecule has 1 saturated heterocycles. The molecule has 1 fully saturated rings. The molecule has 0 aromatic heterocycles. The van der Waals surface area contributed by atoms with E-state index < -0.39 is 5.97 Å². The van der Waals surface area contributed by atoms with Gasteiger partial charge in [0.2, 0.25) is 5.91 Å². The largest absolute Gasteiger partial charge is 0.491 e. The lowest BCUT2D eigenvalue weighted by atomic mass is 10.0. The molecule has 7 heteroatoms. The molecule has 1 amide bonds. The lowest BCUT2D eigenvalue weighted by molar-refractivity contribution is -0.140. The summed E-state index contributed by atoms with van der Waals surface area (Å²) in [4.78, 5) is 27.0. The van der Waals surface area contributed by atoms with Gasteiger partial charge in [0.15, 0.2) is 0 Å². The van der Waals surface area contributed by atoms with Gasteiger partial charge in [-0.3, -0.25) is 14.5 Å². The van der Waals surface area contributed by atoms with Gasteiger partial charge in [-0.05, 0) is 31.5 Å². The van der Waals surface area contributed by atoms with Crippen LogP contribution in [0.2, 0.25) is 5.02 Å². The van der Waals surface area contributed by atoms with E-state index in [4.69, 9.17) is 21.4 Å². The standard InChI is InChI=1S/C18H25ClN2O4/c1-2-20(13-18(23)24)14-7-10-21(11-8-14)17(22)9-12-25-16-6-4-3-5-15(16)19/h3-6,14H,2,7-13H2,1H3,(H,23,24). The summed E-state index contributed by atoms with van der Waals surface area (Å²) in [5.41, 5.74) is 0. The molecule has 6 nitrogen and oxygen atoms in total. The number of likely N-dealkylation sites (N-methyl/N-ethyl adjacent to an activating group) is 1. The SMILES string of the molecule is CCN(CC(=O)O)C1CCN(C(=O)CCOc2ccccc2Cl)CC1. The molecule has 0 saturated carbocycles. The molecule has 1 N–H and O–H groups in total. The van der Waals surface area contributed by atoms with Gasteiger partial charge >= 0.3 is 5.97 Å². The summed E-state index contributed by atoms with van der Waals surface area (Å²) in [6.07, 6.45) is 1.92. The zero-order chi connectivity index (χ0) is 18.2. The predicted molar refractivity (Wildman–Crippen MR) is 96.0 cm³/mol. The molecule has 0 aliphatic carbocycles. The molecule has 1 aromatic rings. The maximum Gasteiger partial charge on any atom is 0.317 e. The smallest absolute Gasteiger partial charge is 0.317 e. The number of ether oxygens (including phenoxy) is 1. The fraction of sp³-hybridized carbons (Fsp3) is 0.556. The van der Waals surface area contributed by atoms with Gasteiger partial charge in [-0.2, -0.15) is 0 Å². The van der Waals surface area contributed by atoms with Crippen molar-refractivity contribution in [1.82, 2.24) is 9.80 Å². The Morgan fingerprint density at radius 2 is 2.00 bits per heavy atom. The maximum absolute atomic E-state index is 12.3. The van der Waals surface area contributed by atoms with E-state index in [1.165, 1.54) is 0 Å². The number of aliphatic carboxylic acids is 1. The van der Waals surface area contributed by atoms with E-state index in [9.17, 15) is 9.59 Å². The van der Waals surface area contributed by atoms with E-state index in [0.29, 0.717) is 43.4 Å². The fourth-order valence-electron chi connectivity index (χ4n) is 3.12. The minimum Gasteiger partial charge on any atom is -0.491 e. The van der Waals surface area contributed by atoms with Gasteiger partial charge in [0.1, 0.15) is 5.75 Å². The van der Waals surface area contributed by atoms with E-state index in [-0.39, 0.29) is 18.5 Å². The molecule has 1 heterocycles. The van der Waals surface area contributed by atoms with Crippen LogP contribution in [0, 0.1) is 0 Å². The third-order valence-corrected chi connectivity index (χ3v) is 4.80. The Kier molecular flexibility index (Phi) is 7.52. The van der Waals surface area contributed by atoms with Gasteiger partial charge in [0.05, 0.1) is 24.6 Å². The summed E-state index contributed by atoms with van der Waals surface area (Å²) in [5.74, 6) is -0.160. The Morgan fingerprint density at radius 3 is 2.60 bits per heavy atom. The average molecular weight is 369 g/mol. The lowest BCUT2D eigenvalue weighted by Gasteiger charge is -2.37. The van der Waals surface area contributed by atoms with Crippen molar-refractivity contribution >= 4 is 23.5 Å². The molecule has 0 spiro atoms. The number of hydrogen-bond acceptors (Lipinski definition) is 4. The van der Waals surface area contributed by atoms with Crippen LogP contribution < -0.4 is 4.74 Å². The maximum atomic E-state index is 12.3. The van der Waals surface area contributed by atoms with Crippen molar-refractivity contribution in [2.45, 2.75) is 32.2 Å². The lowest BCUT2D eigenvalue weighted by Crippen LogP contribution is -2.48. The van der Waals surface area contributed by atoms with E-state index in [0.717, 1.165) is 12.8 Å². The number of carbonyl (C=O) groups excluding carboxylic acids is 1. The molecular weight excluding hydrogens is 344 g/mol. The first-order valence-corrected chi connectivity index (χ1v) is 9.00. The third-order valence-electron chi connectivity index (χ3n) is 4.49. The highest BCUT2D eigenvalue weighted by Gasteiger charge is 2.27. The molecule has 1 aliphatic rings. The number of rotatable bonds is 8. The number of nitrogens with zero attached hydrogens (tertiary/aromatic N) is 2. The number of halogens is 1. The van der Waals surface area contributed by atoms with Crippen LogP contribution in [0.1, 0.15) is 26.2 Å². The van der Waals surface area contributed by atoms with Crippen molar-refractivity contribution in [2.24, 2.45) is 0 Å². The summed E-state index contributed by atoms with van der Waals surface area (Å²) < 4.78 is 5.57. The number of carboxylic acid groups (broad SMARTS) is 1. The van der Waals surface area contributed by atoms with Crippen molar-refractivity contribution in [1.29, 1.82) is 0 Å². The summed E-state index contributed by atoms with van der Waals surface area (Å²) in [6, 6.07) is 7.42. The third kappa shape index (κ3) is 5.90. The Morgan fingerprint density at radius 1 is 1.32 bits per heavy atom. The fourth-order valence-corrected chi connectivity index (χ4v) is 3.31. The van der Waals surface area contributed by atoms with Crippen LogP contribution in [0.3, 0.4) is 0 Å². The first kappa shape index (κ1) is 19.5. The van der Waals surface area contributed by atoms with Crippen LogP contribution in [-0.2, 0) is 9.59 Å². The Hall–Kier alpha value is -1.79. The van der Waals surface area contributed by atoms with Gasteiger partial charge in [-0.15, -0.1) is 0 Å². The second-order valence-electron chi connectivity index (χ2n) is 6.10. The number of para-hydroxylation sites is 1. The highest BCUT2D eigenvalue weighted by Crippen LogP contribution is 2.23. The van der Waals surface area contributed by atoms with Crippen molar-refractivity contribution in [3.05, 3.63) is 29.3 Å². The number of carbonyl (C=O) groups is 2. The number of likely N-dealkylation sites (tertiary alicyclic amines) is 1. The van der Waals surface area contributed by atoms with Gasteiger partial charge in [0.25, 0.3) is 0 Å². The molecule has 2 rings (SSSR count). The molecule has 1 aromatic carbocycles. The van der Waals surface area contributed by atoms with Crippen LogP contribution in [0.4, 0.5) is 0 Å². The number of benzene rings is 1. The van der Waals surface area contributed by atoms with Crippen molar-refractivity contribution in [2.75, 3.05) is 32.8 Å². The molecule has 138 valence electrons. The highest BCUT2D eigenvalue weighted by molar-refractivity contribution is 6.32. The molecule has 0 unspecified atom stereocenters. The monoisotopic (exact) mass is 368 g/mol. The Labute approximate surface area is 153 Å². The molecule has 0 bridgehead atoms. The van der Waals surface area contributed by atoms with Crippen LogP contribution in [-0.4, -0.2) is 65.6 Å². The minimum absolute atomic E-state index is 0.0563. The summed E-state index contributed by atoms with van der Waals surface area (Å²) in [5, 5.41) is 9.50. The van der Waals surface area contributed by atoms with Gasteiger partial charge in [-0.25, -0.2) is 0 Å². The van der Waals surface area contributed by atoms with Crippen molar-refractivity contribution in [3.63, 3.8) is 0 Å². The highest BCUT2D eigenvalue weighted by atomic mass is 35.5. The molecule has 25 heavy (non-hydrogen) atoms. The number of amides is 1. The number of hydrogen-bond donors (Lipinski definition) is 1. The summed E-state index contributed by atoms with van der Waals surface area (Å²) >= 11 is 6.02. The van der Waals surface area contributed by atoms with Crippen molar-refractivity contribution in [3.8, 4) is 5.75 Å². The van der Waals surface area contributed by atoms with Gasteiger partial charge in [-0.1, -0.05) is 30.7 Å². The summed E-state index contributed by atoms with van der Waals surface area (Å²) in [7, 11) is 0. The van der Waals surface area contributed by atoms with E-state index in [1.807, 2.05) is 28.9 Å². The topological polar surface area (TPSA) is 70.1 Å². The predicted octanol–water partition coefficient (Wildman–Crippen LogP) is 2.51. The normalized spacial score (nSPS) is 15.4. The first-order valence-electron chi connectivity index (χ1n) is 8.62. The van der Waals surface area contributed by atoms with Crippen LogP contribution in [0.5, 0.6) is 5.75 Å². The minimum atomic E-state index is -0.808. The number of carboxylic acids is 1. The van der Waals surface area contributed by atoms with E-state index in [1.54, 1.807) is 12.1 Å². The van der Waals surface area contributed by atoms with Crippen molar-refractivity contribution < 1.29 is 19.4 Å². The van der Waals surface area contributed by atoms with Crippen LogP contribution in [0.25, 0.3) is 0 Å². The molecular formula is C18H25ClN2O4. The Bertz CT molecular complexity index is 588. The van der Waals surface area contributed by atoms with E-state index >= 15 is 0 Å². The van der Waals surface area contributed by atoms with Crippen LogP contribution in [0.15, 0.2) is 24.3 Å². The Balaban J connectivity index is 1.73. The molecule has 0 atom stereocenters. The zero-order valence-electron chi connectivity index (χ0n) is 14.5. The second kappa shape index (κ2) is 9.63. The van der Waals surface area contributed by atoms with Gasteiger partial charge in [0, 0.05) is 19.1 Å².